The van der Waals surface area contributed by atoms with Gasteiger partial charge in [0, 0.05) is 0 Å². The molecule has 0 saturated carbocycles. The van der Waals surface area contributed by atoms with Crippen LogP contribution >= 0.6 is 0 Å². The number of halogens is 5. The summed E-state index contributed by atoms with van der Waals surface area (Å²) in [5.41, 5.74) is -2.47. The van der Waals surface area contributed by atoms with Crippen molar-refractivity contribution in [2.24, 2.45) is 0 Å². The average molecular weight is 269 g/mol. The summed E-state index contributed by atoms with van der Waals surface area (Å²) < 4.78 is 62.4. The highest BCUT2D eigenvalue weighted by molar-refractivity contribution is 5.90. The summed E-state index contributed by atoms with van der Waals surface area (Å²) in [6.45, 7) is 2.19. The predicted molar refractivity (Wildman–Crippen MR) is 50.6 cm³/mol. The Morgan fingerprint density at radius 3 is 2.06 bits per heavy atom. The van der Waals surface area contributed by atoms with Crippen LogP contribution in [0.25, 0.3) is 0 Å². The molecule has 8 heteroatoms. The minimum atomic E-state index is -5.77. The number of aromatic carboxylic acids is 1. The monoisotopic (exact) mass is 269 g/mol. The first-order valence-electron chi connectivity index (χ1n) is 4.65. The number of rotatable bonds is 2. The Balaban J connectivity index is 3.44. The summed E-state index contributed by atoms with van der Waals surface area (Å²) in [5, 5.41) is 8.75. The lowest BCUT2D eigenvalue weighted by Gasteiger charge is -2.20. The second-order valence-corrected chi connectivity index (χ2v) is 3.66. The van der Waals surface area contributed by atoms with E-state index < -0.39 is 23.8 Å². The molecule has 3 nitrogen and oxygen atoms in total. The van der Waals surface area contributed by atoms with Gasteiger partial charge in [0.25, 0.3) is 0 Å². The third kappa shape index (κ3) is 2.27. The molecule has 0 saturated heterocycles. The lowest BCUT2D eigenvalue weighted by atomic mass is 10.0. The molecule has 0 aromatic carbocycles. The number of alkyl halides is 5. The zero-order valence-corrected chi connectivity index (χ0v) is 9.27. The largest absolute Gasteiger partial charge is 0.478 e. The highest BCUT2D eigenvalue weighted by Crippen LogP contribution is 2.43. The van der Waals surface area contributed by atoms with Crippen molar-refractivity contribution in [3.05, 3.63) is 28.6 Å². The molecule has 0 unspecified atom stereocenters. The molecule has 0 fully saturated rings. The molecule has 1 aromatic heterocycles. The van der Waals surface area contributed by atoms with Gasteiger partial charge in [-0.25, -0.2) is 4.79 Å². The zero-order chi connectivity index (χ0) is 14.3. The van der Waals surface area contributed by atoms with E-state index in [2.05, 4.69) is 4.98 Å². The molecule has 1 N–H and O–H groups in total. The van der Waals surface area contributed by atoms with Gasteiger partial charge < -0.3 is 5.11 Å². The van der Waals surface area contributed by atoms with Crippen LogP contribution in [0.1, 0.15) is 27.3 Å². The SMILES string of the molecule is Cc1cc(C(F)(F)C(F)(F)F)nc(C)c1C(=O)O. The number of carboxylic acids is 1. The van der Waals surface area contributed by atoms with E-state index in [1.54, 1.807) is 0 Å². The Hall–Kier alpha value is -1.73. The van der Waals surface area contributed by atoms with Crippen molar-refractivity contribution < 1.29 is 31.9 Å². The van der Waals surface area contributed by atoms with Gasteiger partial charge in [-0.1, -0.05) is 0 Å². The third-order valence-electron chi connectivity index (χ3n) is 2.29. The van der Waals surface area contributed by atoms with E-state index in [1.165, 1.54) is 0 Å². The number of carboxylic acid groups (broad SMARTS) is 1. The molecule has 0 spiro atoms. The maximum absolute atomic E-state index is 13.0. The van der Waals surface area contributed by atoms with Gasteiger partial charge in [-0.05, 0) is 25.5 Å². The Bertz CT molecular complexity index is 473. The summed E-state index contributed by atoms with van der Waals surface area (Å²) in [5.74, 6) is -6.54. The number of pyridine rings is 1. The number of hydrogen-bond acceptors (Lipinski definition) is 2. The molecule has 1 heterocycles. The van der Waals surface area contributed by atoms with Crippen LogP contribution in [-0.2, 0) is 5.92 Å². The van der Waals surface area contributed by atoms with Crippen molar-refractivity contribution in [2.45, 2.75) is 25.9 Å². The highest BCUT2D eigenvalue weighted by atomic mass is 19.4. The molecular weight excluding hydrogens is 261 g/mol. The maximum atomic E-state index is 13.0. The molecule has 1 aromatic rings. The maximum Gasteiger partial charge on any atom is 0.459 e. The number of aromatic nitrogens is 1. The fourth-order valence-electron chi connectivity index (χ4n) is 1.46. The normalized spacial score (nSPS) is 12.6. The molecule has 0 aliphatic rings. The number of nitrogens with zero attached hydrogens (tertiary/aromatic N) is 1. The van der Waals surface area contributed by atoms with E-state index in [1.807, 2.05) is 0 Å². The number of carbonyl (C=O) groups is 1. The van der Waals surface area contributed by atoms with Gasteiger partial charge in [0.2, 0.25) is 0 Å². The fourth-order valence-corrected chi connectivity index (χ4v) is 1.46. The van der Waals surface area contributed by atoms with Crippen LogP contribution in [0.15, 0.2) is 6.07 Å². The molecule has 0 aliphatic carbocycles. The topological polar surface area (TPSA) is 50.2 Å². The Morgan fingerprint density at radius 2 is 1.72 bits per heavy atom. The smallest absolute Gasteiger partial charge is 0.459 e. The Kier molecular flexibility index (Phi) is 3.33. The van der Waals surface area contributed by atoms with Gasteiger partial charge in [-0.15, -0.1) is 0 Å². The second kappa shape index (κ2) is 4.18. The summed E-state index contributed by atoms with van der Waals surface area (Å²) >= 11 is 0. The molecule has 100 valence electrons. The van der Waals surface area contributed by atoms with E-state index in [0.717, 1.165) is 13.8 Å². The van der Waals surface area contributed by atoms with Crippen LogP contribution in [0.3, 0.4) is 0 Å². The van der Waals surface area contributed by atoms with Gasteiger partial charge >= 0.3 is 18.1 Å². The van der Waals surface area contributed by atoms with Crippen molar-refractivity contribution in [1.29, 1.82) is 0 Å². The first kappa shape index (κ1) is 14.3. The van der Waals surface area contributed by atoms with Crippen molar-refractivity contribution in [3.63, 3.8) is 0 Å². The molecule has 0 bridgehead atoms. The summed E-state index contributed by atoms with van der Waals surface area (Å²) in [6.07, 6.45) is -5.77. The van der Waals surface area contributed by atoms with Crippen LogP contribution in [0, 0.1) is 13.8 Å². The van der Waals surface area contributed by atoms with Gasteiger partial charge in [-0.3, -0.25) is 4.98 Å². The summed E-state index contributed by atoms with van der Waals surface area (Å²) in [4.78, 5) is 13.8. The standard InChI is InChI=1S/C10H8F5NO2/c1-4-3-6(9(11,12)10(13,14)15)16-5(2)7(4)8(17)18/h3H,1-2H3,(H,17,18). The van der Waals surface area contributed by atoms with E-state index in [4.69, 9.17) is 5.11 Å². The van der Waals surface area contributed by atoms with Crippen LogP contribution in [0.2, 0.25) is 0 Å². The highest BCUT2D eigenvalue weighted by Gasteiger charge is 2.60. The second-order valence-electron chi connectivity index (χ2n) is 3.66. The van der Waals surface area contributed by atoms with Gasteiger partial charge in [0.05, 0.1) is 11.3 Å². The lowest BCUT2D eigenvalue weighted by Crippen LogP contribution is -2.35. The predicted octanol–water partition coefficient (Wildman–Crippen LogP) is 3.05. The van der Waals surface area contributed by atoms with Gasteiger partial charge in [0.15, 0.2) is 0 Å². The van der Waals surface area contributed by atoms with Gasteiger partial charge in [-0.2, -0.15) is 22.0 Å². The summed E-state index contributed by atoms with van der Waals surface area (Å²) in [7, 11) is 0. The molecule has 0 atom stereocenters. The molecule has 0 amide bonds. The first-order valence-corrected chi connectivity index (χ1v) is 4.65. The quantitative estimate of drug-likeness (QED) is 0.839. The van der Waals surface area contributed by atoms with E-state index in [-0.39, 0.29) is 16.8 Å². The summed E-state index contributed by atoms with van der Waals surface area (Å²) in [6, 6.07) is 0.434. The Labute approximate surface area is 98.3 Å². The fraction of sp³-hybridized carbons (Fsp3) is 0.400. The van der Waals surface area contributed by atoms with E-state index >= 15 is 0 Å². The molecule has 18 heavy (non-hydrogen) atoms. The Morgan fingerprint density at radius 1 is 1.22 bits per heavy atom. The molecule has 0 aliphatic heterocycles. The minimum absolute atomic E-state index is 0.200. The van der Waals surface area contributed by atoms with E-state index in [9.17, 15) is 26.7 Å². The zero-order valence-electron chi connectivity index (χ0n) is 9.27. The molecular formula is C10H8F5NO2. The van der Waals surface area contributed by atoms with E-state index in [0.29, 0.717) is 6.07 Å². The first-order chi connectivity index (χ1) is 7.98. The van der Waals surface area contributed by atoms with Crippen molar-refractivity contribution in [1.82, 2.24) is 4.98 Å². The van der Waals surface area contributed by atoms with Crippen LogP contribution in [0.5, 0.6) is 0 Å². The van der Waals surface area contributed by atoms with Crippen LogP contribution in [-0.4, -0.2) is 22.2 Å². The van der Waals surface area contributed by atoms with Crippen molar-refractivity contribution in [3.8, 4) is 0 Å². The number of hydrogen-bond donors (Lipinski definition) is 1. The van der Waals surface area contributed by atoms with Crippen LogP contribution in [0.4, 0.5) is 22.0 Å². The minimum Gasteiger partial charge on any atom is -0.478 e. The van der Waals surface area contributed by atoms with Crippen molar-refractivity contribution in [2.75, 3.05) is 0 Å². The van der Waals surface area contributed by atoms with Crippen molar-refractivity contribution >= 4 is 5.97 Å². The van der Waals surface area contributed by atoms with Crippen LogP contribution < -0.4 is 0 Å². The van der Waals surface area contributed by atoms with Gasteiger partial charge in [0.1, 0.15) is 5.69 Å². The number of aryl methyl sites for hydroxylation is 2. The molecule has 0 radical (unpaired) electrons. The lowest BCUT2D eigenvalue weighted by molar-refractivity contribution is -0.291. The third-order valence-corrected chi connectivity index (χ3v) is 2.29. The molecule has 1 rings (SSSR count). The average Bonchev–Trinajstić information content (AvgIpc) is 2.13.